The summed E-state index contributed by atoms with van der Waals surface area (Å²) in [6.07, 6.45) is 4.08. The van der Waals surface area contributed by atoms with Crippen molar-refractivity contribution >= 4 is 23.2 Å². The van der Waals surface area contributed by atoms with Gasteiger partial charge >= 0.3 is 0 Å². The van der Waals surface area contributed by atoms with E-state index in [-0.39, 0.29) is 24.2 Å². The molecule has 0 spiro atoms. The van der Waals surface area contributed by atoms with Crippen molar-refractivity contribution in [1.82, 2.24) is 4.90 Å². The Hall–Kier alpha value is -2.82. The van der Waals surface area contributed by atoms with E-state index in [2.05, 4.69) is 22.3 Å². The van der Waals surface area contributed by atoms with E-state index in [1.807, 2.05) is 43.3 Å². The van der Waals surface area contributed by atoms with Crippen LogP contribution in [0.15, 0.2) is 48.5 Å². The van der Waals surface area contributed by atoms with Gasteiger partial charge in [0.2, 0.25) is 11.8 Å². The average molecular weight is 392 g/mol. The van der Waals surface area contributed by atoms with Crippen LogP contribution in [-0.4, -0.2) is 36.3 Å². The maximum atomic E-state index is 12.7. The molecule has 0 aliphatic carbocycles. The first-order chi connectivity index (χ1) is 14.1. The predicted molar refractivity (Wildman–Crippen MR) is 116 cm³/mol. The van der Waals surface area contributed by atoms with Crippen molar-refractivity contribution in [3.63, 3.8) is 0 Å². The maximum absolute atomic E-state index is 12.7. The molecule has 2 fully saturated rings. The van der Waals surface area contributed by atoms with Gasteiger partial charge in [0.1, 0.15) is 0 Å². The number of rotatable bonds is 5. The van der Waals surface area contributed by atoms with E-state index >= 15 is 0 Å². The molecule has 0 aromatic heterocycles. The van der Waals surface area contributed by atoms with Gasteiger partial charge < -0.3 is 15.1 Å². The molecule has 152 valence electrons. The zero-order valence-electron chi connectivity index (χ0n) is 17.1. The number of hydrogen-bond donors (Lipinski definition) is 1. The lowest BCUT2D eigenvalue weighted by Gasteiger charge is -2.28. The number of nitrogens with one attached hydrogen (secondary N) is 1. The van der Waals surface area contributed by atoms with Gasteiger partial charge in [-0.1, -0.05) is 29.8 Å². The summed E-state index contributed by atoms with van der Waals surface area (Å²) < 4.78 is 0. The number of carbonyl (C=O) groups excluding carboxylic acids is 2. The molecule has 2 amide bonds. The molecule has 1 atom stereocenters. The number of hydrogen-bond acceptors (Lipinski definition) is 3. The lowest BCUT2D eigenvalue weighted by Crippen LogP contribution is -2.29. The third-order valence-corrected chi connectivity index (χ3v) is 5.94. The third-order valence-electron chi connectivity index (χ3n) is 5.94. The molecular formula is C24H29N3O2. The van der Waals surface area contributed by atoms with Crippen LogP contribution in [0.4, 0.5) is 11.4 Å². The van der Waals surface area contributed by atoms with Crippen LogP contribution in [0.5, 0.6) is 0 Å². The Balaban J connectivity index is 1.32. The van der Waals surface area contributed by atoms with Crippen molar-refractivity contribution in [2.45, 2.75) is 39.2 Å². The minimum atomic E-state index is -0.297. The van der Waals surface area contributed by atoms with Crippen molar-refractivity contribution in [1.29, 1.82) is 0 Å². The lowest BCUT2D eigenvalue weighted by molar-refractivity contribution is -0.128. The van der Waals surface area contributed by atoms with Gasteiger partial charge in [0.05, 0.1) is 5.92 Å². The number of nitrogens with zero attached hydrogens (tertiary/aromatic N) is 2. The van der Waals surface area contributed by atoms with Gasteiger partial charge in [-0.15, -0.1) is 0 Å². The van der Waals surface area contributed by atoms with Crippen molar-refractivity contribution in [3.05, 3.63) is 59.7 Å². The van der Waals surface area contributed by atoms with Gasteiger partial charge in [0.15, 0.2) is 0 Å². The Morgan fingerprint density at radius 3 is 2.38 bits per heavy atom. The second kappa shape index (κ2) is 8.68. The van der Waals surface area contributed by atoms with E-state index in [4.69, 9.17) is 0 Å². The summed E-state index contributed by atoms with van der Waals surface area (Å²) in [5.41, 5.74) is 4.30. The summed E-state index contributed by atoms with van der Waals surface area (Å²) in [5, 5.41) is 2.99. The highest BCUT2D eigenvalue weighted by Gasteiger charge is 2.34. The lowest BCUT2D eigenvalue weighted by atomic mass is 10.1. The quantitative estimate of drug-likeness (QED) is 0.839. The van der Waals surface area contributed by atoms with Crippen LogP contribution in [0.1, 0.15) is 36.8 Å². The summed E-state index contributed by atoms with van der Waals surface area (Å²) >= 11 is 0. The van der Waals surface area contributed by atoms with E-state index in [1.165, 1.54) is 30.5 Å². The molecule has 2 aliphatic heterocycles. The summed E-state index contributed by atoms with van der Waals surface area (Å²) in [4.78, 5) is 29.2. The molecule has 5 nitrogen and oxygen atoms in total. The van der Waals surface area contributed by atoms with Crippen molar-refractivity contribution < 1.29 is 9.59 Å². The number of piperidine rings is 1. The number of anilines is 2. The molecule has 2 aromatic rings. The fourth-order valence-electron chi connectivity index (χ4n) is 4.17. The number of amides is 2. The summed E-state index contributed by atoms with van der Waals surface area (Å²) in [7, 11) is 0. The molecular weight excluding hydrogens is 362 g/mol. The molecule has 0 unspecified atom stereocenters. The van der Waals surface area contributed by atoms with Crippen molar-refractivity contribution in [3.8, 4) is 0 Å². The predicted octanol–water partition coefficient (Wildman–Crippen LogP) is 3.97. The minimum absolute atomic E-state index is 0.0474. The first kappa shape index (κ1) is 19.5. The van der Waals surface area contributed by atoms with E-state index in [1.54, 1.807) is 4.90 Å². The number of aryl methyl sites for hydroxylation is 1. The van der Waals surface area contributed by atoms with Crippen LogP contribution in [0.3, 0.4) is 0 Å². The molecule has 0 bridgehead atoms. The van der Waals surface area contributed by atoms with E-state index < -0.39 is 0 Å². The van der Waals surface area contributed by atoms with E-state index in [9.17, 15) is 9.59 Å². The highest BCUT2D eigenvalue weighted by Crippen LogP contribution is 2.24. The van der Waals surface area contributed by atoms with Crippen LogP contribution in [0.25, 0.3) is 0 Å². The third kappa shape index (κ3) is 4.78. The molecule has 2 aromatic carbocycles. The minimum Gasteiger partial charge on any atom is -0.372 e. The van der Waals surface area contributed by atoms with Crippen molar-refractivity contribution in [2.75, 3.05) is 29.9 Å². The monoisotopic (exact) mass is 391 g/mol. The molecule has 5 heteroatoms. The van der Waals surface area contributed by atoms with E-state index in [0.717, 1.165) is 24.3 Å². The average Bonchev–Trinajstić information content (AvgIpc) is 3.11. The standard InChI is InChI=1S/C24H29N3O2/c1-18-5-7-19(8-6-18)16-27-17-20(15-23(27)28)24(29)25-21-9-11-22(12-10-21)26-13-3-2-4-14-26/h5-12,20H,2-4,13-17H2,1H3,(H,25,29)/t20-/m0/s1. The first-order valence-electron chi connectivity index (χ1n) is 10.6. The fourth-order valence-corrected chi connectivity index (χ4v) is 4.17. The molecule has 0 radical (unpaired) electrons. The maximum Gasteiger partial charge on any atom is 0.229 e. The Kier molecular flexibility index (Phi) is 5.84. The van der Waals surface area contributed by atoms with Crippen LogP contribution in [-0.2, 0) is 16.1 Å². The van der Waals surface area contributed by atoms with Gasteiger partial charge in [-0.05, 0) is 56.0 Å². The molecule has 4 rings (SSSR count). The van der Waals surface area contributed by atoms with Crippen LogP contribution < -0.4 is 10.2 Å². The molecule has 2 saturated heterocycles. The largest absolute Gasteiger partial charge is 0.372 e. The van der Waals surface area contributed by atoms with Gasteiger partial charge in [0, 0.05) is 44.0 Å². The van der Waals surface area contributed by atoms with Gasteiger partial charge in [-0.25, -0.2) is 0 Å². The van der Waals surface area contributed by atoms with Crippen LogP contribution >= 0.6 is 0 Å². The van der Waals surface area contributed by atoms with Gasteiger partial charge in [0.25, 0.3) is 0 Å². The van der Waals surface area contributed by atoms with E-state index in [0.29, 0.717) is 13.1 Å². The Morgan fingerprint density at radius 1 is 1.00 bits per heavy atom. The summed E-state index contributed by atoms with van der Waals surface area (Å²) in [5.74, 6) is -0.323. The second-order valence-corrected chi connectivity index (χ2v) is 8.24. The van der Waals surface area contributed by atoms with Crippen molar-refractivity contribution in [2.24, 2.45) is 5.92 Å². The Labute approximate surface area is 172 Å². The molecule has 29 heavy (non-hydrogen) atoms. The Bertz CT molecular complexity index is 855. The van der Waals surface area contributed by atoms with Crippen LogP contribution in [0, 0.1) is 12.8 Å². The topological polar surface area (TPSA) is 52.7 Å². The number of carbonyl (C=O) groups is 2. The number of likely N-dealkylation sites (tertiary alicyclic amines) is 1. The Morgan fingerprint density at radius 2 is 1.69 bits per heavy atom. The zero-order valence-corrected chi connectivity index (χ0v) is 17.1. The summed E-state index contributed by atoms with van der Waals surface area (Å²) in [6, 6.07) is 16.3. The highest BCUT2D eigenvalue weighted by molar-refractivity contribution is 5.97. The van der Waals surface area contributed by atoms with Crippen LogP contribution in [0.2, 0.25) is 0 Å². The fraction of sp³-hybridized carbons (Fsp3) is 0.417. The normalized spacial score (nSPS) is 19.5. The van der Waals surface area contributed by atoms with Gasteiger partial charge in [-0.3, -0.25) is 9.59 Å². The molecule has 2 aliphatic rings. The smallest absolute Gasteiger partial charge is 0.229 e. The summed E-state index contributed by atoms with van der Waals surface area (Å²) in [6.45, 7) is 5.29. The zero-order chi connectivity index (χ0) is 20.2. The SMILES string of the molecule is Cc1ccc(CN2C[C@@H](C(=O)Nc3ccc(N4CCCCC4)cc3)CC2=O)cc1. The molecule has 1 N–H and O–H groups in total. The first-order valence-corrected chi connectivity index (χ1v) is 10.6. The number of benzene rings is 2. The molecule has 0 saturated carbocycles. The molecule has 2 heterocycles. The van der Waals surface area contributed by atoms with Gasteiger partial charge in [-0.2, -0.15) is 0 Å². The second-order valence-electron chi connectivity index (χ2n) is 8.24. The highest BCUT2D eigenvalue weighted by atomic mass is 16.2.